The highest BCUT2D eigenvalue weighted by Gasteiger charge is 2.16. The van der Waals surface area contributed by atoms with Crippen LogP contribution in [0.25, 0.3) is 0 Å². The first kappa shape index (κ1) is 16.1. The van der Waals surface area contributed by atoms with Crippen molar-refractivity contribution in [2.24, 2.45) is 5.92 Å². The van der Waals surface area contributed by atoms with Gasteiger partial charge in [0.25, 0.3) is 0 Å². The Labute approximate surface area is 113 Å². The fourth-order valence-corrected chi connectivity index (χ4v) is 3.04. The topological polar surface area (TPSA) is 66.4 Å². The highest BCUT2D eigenvalue weighted by molar-refractivity contribution is 7.89. The molecule has 4 nitrogen and oxygen atoms in total. The lowest BCUT2D eigenvalue weighted by Gasteiger charge is -2.10. The summed E-state index contributed by atoms with van der Waals surface area (Å²) in [6.07, 6.45) is 1.41. The van der Waals surface area contributed by atoms with Crippen molar-refractivity contribution in [1.82, 2.24) is 4.72 Å². The second kappa shape index (κ2) is 6.98. The Hall–Kier alpha value is -0.980. The molecule has 0 aliphatic heterocycles. The van der Waals surface area contributed by atoms with Crippen LogP contribution < -0.4 is 4.72 Å². The minimum absolute atomic E-state index is 0.101. The van der Waals surface area contributed by atoms with Crippen LogP contribution in [0.3, 0.4) is 0 Å². The number of benzene rings is 1. The molecule has 1 aromatic rings. The van der Waals surface area contributed by atoms with Gasteiger partial charge in [-0.2, -0.15) is 0 Å². The lowest BCUT2D eigenvalue weighted by molar-refractivity contribution is 0.228. The molecular weight excluding hydrogens is 269 g/mol. The van der Waals surface area contributed by atoms with E-state index in [4.69, 9.17) is 5.11 Å². The molecule has 1 aromatic carbocycles. The van der Waals surface area contributed by atoms with Gasteiger partial charge in [0.05, 0.1) is 4.90 Å². The standard InChI is InChI=1S/C13H20FNO3S/c1-10(9-16)4-3-7-15-19(17,18)13-6-5-12(14)8-11(13)2/h5-6,8,10,15-16H,3-4,7,9H2,1-2H3. The monoisotopic (exact) mass is 289 g/mol. The molecule has 19 heavy (non-hydrogen) atoms. The van der Waals surface area contributed by atoms with Crippen LogP contribution in [0.4, 0.5) is 4.39 Å². The minimum Gasteiger partial charge on any atom is -0.396 e. The van der Waals surface area contributed by atoms with E-state index in [-0.39, 0.29) is 17.4 Å². The highest BCUT2D eigenvalue weighted by Crippen LogP contribution is 2.16. The average Bonchev–Trinajstić information content (AvgIpc) is 2.33. The minimum atomic E-state index is -3.59. The molecule has 1 unspecified atom stereocenters. The van der Waals surface area contributed by atoms with E-state index in [0.29, 0.717) is 18.5 Å². The number of hydrogen-bond donors (Lipinski definition) is 2. The van der Waals surface area contributed by atoms with Crippen LogP contribution in [0, 0.1) is 18.7 Å². The van der Waals surface area contributed by atoms with Gasteiger partial charge in [-0.15, -0.1) is 0 Å². The molecule has 2 N–H and O–H groups in total. The van der Waals surface area contributed by atoms with Gasteiger partial charge >= 0.3 is 0 Å². The Morgan fingerprint density at radius 1 is 1.42 bits per heavy atom. The van der Waals surface area contributed by atoms with Crippen LogP contribution in [-0.2, 0) is 10.0 Å². The van der Waals surface area contributed by atoms with E-state index in [9.17, 15) is 12.8 Å². The molecule has 0 aromatic heterocycles. The van der Waals surface area contributed by atoms with E-state index in [1.165, 1.54) is 12.1 Å². The SMILES string of the molecule is Cc1cc(F)ccc1S(=O)(=O)NCCCC(C)CO. The van der Waals surface area contributed by atoms with Gasteiger partial charge in [0.1, 0.15) is 5.82 Å². The van der Waals surface area contributed by atoms with Crippen LogP contribution in [-0.4, -0.2) is 26.7 Å². The first-order valence-electron chi connectivity index (χ1n) is 6.23. The van der Waals surface area contributed by atoms with Crippen LogP contribution >= 0.6 is 0 Å². The predicted octanol–water partition coefficient (Wildman–Crippen LogP) is 1.82. The first-order valence-corrected chi connectivity index (χ1v) is 7.72. The third-order valence-electron chi connectivity index (χ3n) is 2.90. The molecule has 0 aliphatic rings. The number of nitrogens with one attached hydrogen (secondary N) is 1. The number of hydrogen-bond acceptors (Lipinski definition) is 3. The quantitative estimate of drug-likeness (QED) is 0.752. The van der Waals surface area contributed by atoms with Gasteiger partial charge in [-0.1, -0.05) is 6.92 Å². The Morgan fingerprint density at radius 2 is 2.11 bits per heavy atom. The molecular formula is C13H20FNO3S. The predicted molar refractivity (Wildman–Crippen MR) is 71.8 cm³/mol. The van der Waals surface area contributed by atoms with Crippen molar-refractivity contribution in [2.75, 3.05) is 13.2 Å². The molecule has 0 heterocycles. The normalized spacial score (nSPS) is 13.5. The molecule has 0 amide bonds. The third kappa shape index (κ3) is 4.89. The number of aryl methyl sites for hydroxylation is 1. The molecule has 1 atom stereocenters. The molecule has 0 saturated carbocycles. The number of aliphatic hydroxyl groups excluding tert-OH is 1. The van der Waals surface area contributed by atoms with Gasteiger partial charge in [0.15, 0.2) is 0 Å². The summed E-state index contributed by atoms with van der Waals surface area (Å²) >= 11 is 0. The van der Waals surface area contributed by atoms with E-state index in [1.807, 2.05) is 6.92 Å². The molecule has 0 bridgehead atoms. The Morgan fingerprint density at radius 3 is 2.68 bits per heavy atom. The molecule has 0 spiro atoms. The van der Waals surface area contributed by atoms with Crippen molar-refractivity contribution in [3.05, 3.63) is 29.6 Å². The molecule has 108 valence electrons. The zero-order chi connectivity index (χ0) is 14.5. The van der Waals surface area contributed by atoms with Gasteiger partial charge in [0, 0.05) is 13.2 Å². The van der Waals surface area contributed by atoms with E-state index < -0.39 is 15.8 Å². The lowest BCUT2D eigenvalue weighted by atomic mass is 10.1. The number of halogens is 1. The van der Waals surface area contributed by atoms with Crippen LogP contribution in [0.1, 0.15) is 25.3 Å². The summed E-state index contributed by atoms with van der Waals surface area (Å²) in [5, 5.41) is 8.86. The highest BCUT2D eigenvalue weighted by atomic mass is 32.2. The molecule has 0 aliphatic carbocycles. The molecule has 0 saturated heterocycles. The Kier molecular flexibility index (Phi) is 5.90. The number of aliphatic hydroxyl groups is 1. The molecule has 6 heteroatoms. The summed E-state index contributed by atoms with van der Waals surface area (Å²) in [5.74, 6) is -0.287. The van der Waals surface area contributed by atoms with Crippen molar-refractivity contribution < 1.29 is 17.9 Å². The summed E-state index contributed by atoms with van der Waals surface area (Å²) < 4.78 is 39.4. The van der Waals surface area contributed by atoms with Crippen LogP contribution in [0.15, 0.2) is 23.1 Å². The van der Waals surface area contributed by atoms with Crippen LogP contribution in [0.2, 0.25) is 0 Å². The van der Waals surface area contributed by atoms with Crippen molar-refractivity contribution in [3.8, 4) is 0 Å². The zero-order valence-corrected chi connectivity index (χ0v) is 12.0. The van der Waals surface area contributed by atoms with E-state index >= 15 is 0 Å². The summed E-state index contributed by atoms with van der Waals surface area (Å²) in [6.45, 7) is 3.87. The largest absolute Gasteiger partial charge is 0.396 e. The van der Waals surface area contributed by atoms with E-state index in [2.05, 4.69) is 4.72 Å². The average molecular weight is 289 g/mol. The fraction of sp³-hybridized carbons (Fsp3) is 0.538. The van der Waals surface area contributed by atoms with Gasteiger partial charge in [-0.05, 0) is 49.4 Å². The van der Waals surface area contributed by atoms with E-state index in [0.717, 1.165) is 12.5 Å². The van der Waals surface area contributed by atoms with Crippen molar-refractivity contribution in [2.45, 2.75) is 31.6 Å². The summed E-state index contributed by atoms with van der Waals surface area (Å²) in [6, 6.07) is 3.60. The fourth-order valence-electron chi connectivity index (χ4n) is 1.74. The Balaban J connectivity index is 2.61. The second-order valence-electron chi connectivity index (χ2n) is 4.74. The molecule has 1 rings (SSSR count). The van der Waals surface area contributed by atoms with Gasteiger partial charge < -0.3 is 5.11 Å². The molecule has 0 fully saturated rings. The maximum absolute atomic E-state index is 12.9. The Bertz CT molecular complexity index is 517. The van der Waals surface area contributed by atoms with Crippen molar-refractivity contribution >= 4 is 10.0 Å². The number of rotatable bonds is 7. The summed E-state index contributed by atoms with van der Waals surface area (Å²) in [7, 11) is -3.59. The van der Waals surface area contributed by atoms with Gasteiger partial charge in [-0.25, -0.2) is 17.5 Å². The second-order valence-corrected chi connectivity index (χ2v) is 6.47. The molecule has 0 radical (unpaired) electrons. The maximum Gasteiger partial charge on any atom is 0.240 e. The zero-order valence-electron chi connectivity index (χ0n) is 11.2. The smallest absolute Gasteiger partial charge is 0.240 e. The van der Waals surface area contributed by atoms with E-state index in [1.54, 1.807) is 6.92 Å². The number of sulfonamides is 1. The lowest BCUT2D eigenvalue weighted by Crippen LogP contribution is -2.26. The summed E-state index contributed by atoms with van der Waals surface area (Å²) in [4.78, 5) is 0.101. The van der Waals surface area contributed by atoms with Crippen molar-refractivity contribution in [3.63, 3.8) is 0 Å². The van der Waals surface area contributed by atoms with Gasteiger partial charge in [0.2, 0.25) is 10.0 Å². The maximum atomic E-state index is 12.9. The van der Waals surface area contributed by atoms with Gasteiger partial charge in [-0.3, -0.25) is 0 Å². The van der Waals surface area contributed by atoms with Crippen molar-refractivity contribution in [1.29, 1.82) is 0 Å². The summed E-state index contributed by atoms with van der Waals surface area (Å²) in [5.41, 5.74) is 0.385. The third-order valence-corrected chi connectivity index (χ3v) is 4.53. The first-order chi connectivity index (χ1) is 8.86. The van der Waals surface area contributed by atoms with Crippen LogP contribution in [0.5, 0.6) is 0 Å².